The molecular formula is C11H15BrN2O. The summed E-state index contributed by atoms with van der Waals surface area (Å²) in [6.45, 7) is 5.85. The maximum Gasteiger partial charge on any atom is 0.227 e. The lowest BCUT2D eigenvalue weighted by Gasteiger charge is -2.10. The number of halogens is 1. The predicted octanol–water partition coefficient (Wildman–Crippen LogP) is 3.14. The molecule has 1 amide bonds. The normalized spacial score (nSPS) is 12.3. The van der Waals surface area contributed by atoms with E-state index in [0.29, 0.717) is 0 Å². The summed E-state index contributed by atoms with van der Waals surface area (Å²) >= 11 is 3.31. The highest BCUT2D eigenvalue weighted by molar-refractivity contribution is 9.10. The number of nitrogens with one attached hydrogen (secondary N) is 1. The second kappa shape index (κ2) is 5.26. The van der Waals surface area contributed by atoms with Crippen LogP contribution in [0.3, 0.4) is 0 Å². The van der Waals surface area contributed by atoms with Crippen molar-refractivity contribution in [1.82, 2.24) is 4.98 Å². The Morgan fingerprint density at radius 3 is 2.87 bits per heavy atom. The highest BCUT2D eigenvalue weighted by atomic mass is 79.9. The number of rotatable bonds is 3. The van der Waals surface area contributed by atoms with Gasteiger partial charge in [-0.2, -0.15) is 0 Å². The zero-order valence-electron chi connectivity index (χ0n) is 9.17. The van der Waals surface area contributed by atoms with Gasteiger partial charge in [0.15, 0.2) is 0 Å². The lowest BCUT2D eigenvalue weighted by atomic mass is 10.1. The van der Waals surface area contributed by atoms with Gasteiger partial charge in [0, 0.05) is 5.92 Å². The largest absolute Gasteiger partial charge is 0.324 e. The van der Waals surface area contributed by atoms with E-state index in [-0.39, 0.29) is 11.8 Å². The zero-order valence-corrected chi connectivity index (χ0v) is 10.8. The predicted molar refractivity (Wildman–Crippen MR) is 64.8 cm³/mol. The van der Waals surface area contributed by atoms with Crippen LogP contribution in [0.4, 0.5) is 5.69 Å². The van der Waals surface area contributed by atoms with Gasteiger partial charge in [-0.3, -0.25) is 4.79 Å². The minimum atomic E-state index is 0.0361. The third-order valence-electron chi connectivity index (χ3n) is 2.34. The first kappa shape index (κ1) is 12.2. The summed E-state index contributed by atoms with van der Waals surface area (Å²) in [6, 6.07) is 1.90. The number of aromatic nitrogens is 1. The standard InChI is InChI=1S/C11H15BrN2O/c1-4-7(2)11(15)14-9-5-8(3)10(12)13-6-9/h5-7H,4H2,1-3H3,(H,14,15). The van der Waals surface area contributed by atoms with Crippen LogP contribution in [0.25, 0.3) is 0 Å². The van der Waals surface area contributed by atoms with Gasteiger partial charge in [0.1, 0.15) is 4.60 Å². The van der Waals surface area contributed by atoms with Gasteiger partial charge in [0.05, 0.1) is 11.9 Å². The van der Waals surface area contributed by atoms with Gasteiger partial charge < -0.3 is 5.32 Å². The van der Waals surface area contributed by atoms with Gasteiger partial charge in [-0.25, -0.2) is 4.98 Å². The molecule has 15 heavy (non-hydrogen) atoms. The Kier molecular flexibility index (Phi) is 4.27. The lowest BCUT2D eigenvalue weighted by Crippen LogP contribution is -2.19. The van der Waals surface area contributed by atoms with E-state index >= 15 is 0 Å². The maximum atomic E-state index is 11.6. The van der Waals surface area contributed by atoms with E-state index in [4.69, 9.17) is 0 Å². The third kappa shape index (κ3) is 3.30. The quantitative estimate of drug-likeness (QED) is 0.858. The van der Waals surface area contributed by atoms with Crippen molar-refractivity contribution >= 4 is 27.5 Å². The molecule has 1 aromatic heterocycles. The average Bonchev–Trinajstić information content (AvgIpc) is 2.22. The van der Waals surface area contributed by atoms with E-state index in [1.54, 1.807) is 6.20 Å². The summed E-state index contributed by atoms with van der Waals surface area (Å²) in [6.07, 6.45) is 2.49. The monoisotopic (exact) mass is 270 g/mol. The molecule has 0 bridgehead atoms. The van der Waals surface area contributed by atoms with Crippen LogP contribution in [-0.2, 0) is 4.79 Å². The van der Waals surface area contributed by atoms with Crippen molar-refractivity contribution in [1.29, 1.82) is 0 Å². The maximum absolute atomic E-state index is 11.6. The molecule has 1 aromatic rings. The first-order valence-electron chi connectivity index (χ1n) is 4.97. The van der Waals surface area contributed by atoms with Gasteiger partial charge in [-0.05, 0) is 40.9 Å². The fourth-order valence-electron chi connectivity index (χ4n) is 1.08. The van der Waals surface area contributed by atoms with Crippen molar-refractivity contribution in [2.45, 2.75) is 27.2 Å². The summed E-state index contributed by atoms with van der Waals surface area (Å²) < 4.78 is 0.809. The second-order valence-electron chi connectivity index (χ2n) is 3.63. The summed E-state index contributed by atoms with van der Waals surface area (Å²) in [5, 5.41) is 2.84. The molecule has 0 spiro atoms. The van der Waals surface area contributed by atoms with E-state index in [0.717, 1.165) is 22.3 Å². The number of hydrogen-bond acceptors (Lipinski definition) is 2. The first-order valence-corrected chi connectivity index (χ1v) is 5.77. The van der Waals surface area contributed by atoms with Gasteiger partial charge >= 0.3 is 0 Å². The molecule has 0 aliphatic heterocycles. The summed E-state index contributed by atoms with van der Waals surface area (Å²) in [5.41, 5.74) is 1.76. The van der Waals surface area contributed by atoms with Gasteiger partial charge in [-0.15, -0.1) is 0 Å². The number of anilines is 1. The van der Waals surface area contributed by atoms with Crippen molar-refractivity contribution in [2.75, 3.05) is 5.32 Å². The summed E-state index contributed by atoms with van der Waals surface area (Å²) in [7, 11) is 0. The molecule has 82 valence electrons. The Balaban J connectivity index is 2.73. The molecule has 4 heteroatoms. The fraction of sp³-hybridized carbons (Fsp3) is 0.455. The molecule has 1 heterocycles. The molecule has 1 atom stereocenters. The Hall–Kier alpha value is -0.900. The smallest absolute Gasteiger partial charge is 0.227 e. The molecule has 1 rings (SSSR count). The van der Waals surface area contributed by atoms with Crippen molar-refractivity contribution in [2.24, 2.45) is 5.92 Å². The van der Waals surface area contributed by atoms with Crippen LogP contribution in [-0.4, -0.2) is 10.9 Å². The van der Waals surface area contributed by atoms with Crippen LogP contribution in [0.1, 0.15) is 25.8 Å². The highest BCUT2D eigenvalue weighted by Crippen LogP contribution is 2.17. The molecule has 3 nitrogen and oxygen atoms in total. The molecule has 0 aromatic carbocycles. The molecule has 1 N–H and O–H groups in total. The lowest BCUT2D eigenvalue weighted by molar-refractivity contribution is -0.119. The molecule has 0 aliphatic rings. The van der Waals surface area contributed by atoms with Crippen molar-refractivity contribution < 1.29 is 4.79 Å². The second-order valence-corrected chi connectivity index (χ2v) is 4.38. The number of amides is 1. The molecule has 0 fully saturated rings. The number of carbonyl (C=O) groups excluding carboxylic acids is 1. The van der Waals surface area contributed by atoms with E-state index in [9.17, 15) is 4.79 Å². The van der Waals surface area contributed by atoms with E-state index < -0.39 is 0 Å². The van der Waals surface area contributed by atoms with E-state index in [1.807, 2.05) is 26.8 Å². The zero-order chi connectivity index (χ0) is 11.4. The number of nitrogens with zero attached hydrogens (tertiary/aromatic N) is 1. The third-order valence-corrected chi connectivity index (χ3v) is 3.17. The Bertz CT molecular complexity index is 366. The average molecular weight is 271 g/mol. The number of pyridine rings is 1. The molecule has 0 saturated heterocycles. The van der Waals surface area contributed by atoms with Crippen LogP contribution in [0.2, 0.25) is 0 Å². The first-order chi connectivity index (χ1) is 7.04. The highest BCUT2D eigenvalue weighted by Gasteiger charge is 2.10. The Morgan fingerprint density at radius 1 is 1.67 bits per heavy atom. The van der Waals surface area contributed by atoms with Crippen LogP contribution >= 0.6 is 15.9 Å². The Morgan fingerprint density at radius 2 is 2.33 bits per heavy atom. The van der Waals surface area contributed by atoms with Crippen molar-refractivity contribution in [3.63, 3.8) is 0 Å². The fourth-order valence-corrected chi connectivity index (χ4v) is 1.29. The molecule has 1 unspecified atom stereocenters. The van der Waals surface area contributed by atoms with Gasteiger partial charge in [0.25, 0.3) is 0 Å². The number of aryl methyl sites for hydroxylation is 1. The van der Waals surface area contributed by atoms with Crippen LogP contribution in [0.5, 0.6) is 0 Å². The molecular weight excluding hydrogens is 256 g/mol. The minimum absolute atomic E-state index is 0.0361. The number of carbonyl (C=O) groups is 1. The number of hydrogen-bond donors (Lipinski definition) is 1. The molecule has 0 saturated carbocycles. The van der Waals surface area contributed by atoms with Gasteiger partial charge in [-0.1, -0.05) is 13.8 Å². The van der Waals surface area contributed by atoms with E-state index in [2.05, 4.69) is 26.2 Å². The summed E-state index contributed by atoms with van der Waals surface area (Å²) in [4.78, 5) is 15.7. The Labute approximate surface area is 98.4 Å². The molecule has 0 radical (unpaired) electrons. The van der Waals surface area contributed by atoms with Gasteiger partial charge in [0.2, 0.25) is 5.91 Å². The molecule has 0 aliphatic carbocycles. The topological polar surface area (TPSA) is 42.0 Å². The summed E-state index contributed by atoms with van der Waals surface area (Å²) in [5.74, 6) is 0.0787. The minimum Gasteiger partial charge on any atom is -0.324 e. The van der Waals surface area contributed by atoms with Crippen molar-refractivity contribution in [3.05, 3.63) is 22.4 Å². The van der Waals surface area contributed by atoms with Crippen molar-refractivity contribution in [3.8, 4) is 0 Å². The SMILES string of the molecule is CCC(C)C(=O)Nc1cnc(Br)c(C)c1. The van der Waals surface area contributed by atoms with E-state index in [1.165, 1.54) is 0 Å². The van der Waals surface area contributed by atoms with Crippen LogP contribution in [0, 0.1) is 12.8 Å². The van der Waals surface area contributed by atoms with Crippen LogP contribution < -0.4 is 5.32 Å². The van der Waals surface area contributed by atoms with Crippen LogP contribution in [0.15, 0.2) is 16.9 Å².